The molecule has 0 saturated heterocycles. The molecule has 0 fully saturated rings. The van der Waals surface area contributed by atoms with Crippen LogP contribution >= 0.6 is 35.6 Å². The molecule has 0 amide bonds. The summed E-state index contributed by atoms with van der Waals surface area (Å²) >= 11 is 5.78. The van der Waals surface area contributed by atoms with Gasteiger partial charge < -0.3 is 10.6 Å². The van der Waals surface area contributed by atoms with E-state index in [-0.39, 0.29) is 24.0 Å². The number of hydrogen-bond donors (Lipinski definition) is 2. The van der Waals surface area contributed by atoms with E-state index in [9.17, 15) is 0 Å². The van der Waals surface area contributed by atoms with Gasteiger partial charge in [-0.3, -0.25) is 0 Å². The number of aromatic nitrogens is 1. The van der Waals surface area contributed by atoms with E-state index in [4.69, 9.17) is 11.6 Å². The number of nitrogens with zero attached hydrogens (tertiary/aromatic N) is 2. The van der Waals surface area contributed by atoms with Crippen LogP contribution in [0.5, 0.6) is 0 Å². The van der Waals surface area contributed by atoms with Crippen LogP contribution in [-0.2, 0) is 13.1 Å². The lowest BCUT2D eigenvalue weighted by Crippen LogP contribution is -2.36. The predicted molar refractivity (Wildman–Crippen MR) is 107 cm³/mol. The number of nitrogens with one attached hydrogen (secondary N) is 2. The summed E-state index contributed by atoms with van der Waals surface area (Å²) in [6, 6.07) is 12.2. The summed E-state index contributed by atoms with van der Waals surface area (Å²) in [6.07, 6.45) is 1.75. The minimum atomic E-state index is 0. The molecule has 0 unspecified atom stereocenters. The zero-order valence-corrected chi connectivity index (χ0v) is 16.4. The summed E-state index contributed by atoms with van der Waals surface area (Å²) in [5.41, 5.74) is 3.51. The molecule has 0 saturated carbocycles. The van der Waals surface area contributed by atoms with Gasteiger partial charge in [0, 0.05) is 19.3 Å². The molecule has 124 valence electrons. The van der Waals surface area contributed by atoms with Gasteiger partial charge in [0.25, 0.3) is 0 Å². The Morgan fingerprint density at radius 3 is 2.39 bits per heavy atom. The van der Waals surface area contributed by atoms with Gasteiger partial charge >= 0.3 is 0 Å². The van der Waals surface area contributed by atoms with Gasteiger partial charge in [-0.05, 0) is 31.0 Å². The molecule has 2 rings (SSSR count). The van der Waals surface area contributed by atoms with E-state index in [1.165, 1.54) is 11.1 Å². The molecule has 0 aliphatic rings. The van der Waals surface area contributed by atoms with E-state index in [0.29, 0.717) is 11.7 Å². The quantitative estimate of drug-likeness (QED) is 0.318. The van der Waals surface area contributed by atoms with Crippen LogP contribution in [0, 0.1) is 6.92 Å². The van der Waals surface area contributed by atoms with Crippen molar-refractivity contribution in [3.63, 3.8) is 0 Å². The molecule has 23 heavy (non-hydrogen) atoms. The summed E-state index contributed by atoms with van der Waals surface area (Å²) in [6.45, 7) is 6.26. The van der Waals surface area contributed by atoms with Crippen LogP contribution in [0.3, 0.4) is 0 Å². The maximum Gasteiger partial charge on any atom is 0.191 e. The first-order valence-electron chi connectivity index (χ1n) is 7.35. The minimum absolute atomic E-state index is 0. The third-order valence-electron chi connectivity index (χ3n) is 3.13. The first kappa shape index (κ1) is 19.7. The average molecular weight is 445 g/mol. The summed E-state index contributed by atoms with van der Waals surface area (Å²) in [4.78, 5) is 8.62. The van der Waals surface area contributed by atoms with Crippen LogP contribution in [0.1, 0.15) is 23.6 Å². The molecule has 0 atom stereocenters. The largest absolute Gasteiger partial charge is 0.357 e. The predicted octanol–water partition coefficient (Wildman–Crippen LogP) is 3.92. The Bertz CT molecular complexity index is 611. The van der Waals surface area contributed by atoms with Crippen LogP contribution in [0.15, 0.2) is 47.6 Å². The standard InChI is InChI=1S/C17H21ClN4.HI/c1-3-19-17(21-10-14-6-4-13(2)5-7-14)22-12-15-8-9-16(18)20-11-15;/h4-9,11H,3,10,12H2,1-2H3,(H2,19,21,22);1H. The zero-order valence-electron chi connectivity index (χ0n) is 13.3. The molecule has 1 aromatic heterocycles. The monoisotopic (exact) mass is 444 g/mol. The number of rotatable bonds is 5. The van der Waals surface area contributed by atoms with Gasteiger partial charge in [-0.15, -0.1) is 24.0 Å². The molecule has 6 heteroatoms. The third-order valence-corrected chi connectivity index (χ3v) is 3.36. The Hall–Kier alpha value is -1.34. The van der Waals surface area contributed by atoms with Crippen LogP contribution < -0.4 is 10.6 Å². The zero-order chi connectivity index (χ0) is 15.8. The molecule has 0 spiro atoms. The van der Waals surface area contributed by atoms with Crippen molar-refractivity contribution < 1.29 is 0 Å². The van der Waals surface area contributed by atoms with Crippen molar-refractivity contribution in [1.82, 2.24) is 15.6 Å². The summed E-state index contributed by atoms with van der Waals surface area (Å²) in [5.74, 6) is 0.790. The van der Waals surface area contributed by atoms with E-state index < -0.39 is 0 Å². The van der Waals surface area contributed by atoms with Gasteiger partial charge in [0.15, 0.2) is 5.96 Å². The van der Waals surface area contributed by atoms with E-state index in [1.54, 1.807) is 12.3 Å². The highest BCUT2D eigenvalue weighted by molar-refractivity contribution is 14.0. The maximum absolute atomic E-state index is 5.78. The van der Waals surface area contributed by atoms with E-state index in [1.807, 2.05) is 13.0 Å². The van der Waals surface area contributed by atoms with Gasteiger partial charge in [0.1, 0.15) is 5.15 Å². The number of aliphatic imine (C=N–C) groups is 1. The highest BCUT2D eigenvalue weighted by Gasteiger charge is 1.99. The molecular weight excluding hydrogens is 423 g/mol. The van der Waals surface area contributed by atoms with Crippen LogP contribution in [0.4, 0.5) is 0 Å². The van der Waals surface area contributed by atoms with Crippen LogP contribution in [0.2, 0.25) is 5.15 Å². The van der Waals surface area contributed by atoms with Crippen LogP contribution in [-0.4, -0.2) is 17.5 Å². The highest BCUT2D eigenvalue weighted by atomic mass is 127. The van der Waals surface area contributed by atoms with Crippen LogP contribution in [0.25, 0.3) is 0 Å². The number of pyridine rings is 1. The number of benzene rings is 1. The highest BCUT2D eigenvalue weighted by Crippen LogP contribution is 2.06. The van der Waals surface area contributed by atoms with Crippen molar-refractivity contribution in [3.8, 4) is 0 Å². The second-order valence-electron chi connectivity index (χ2n) is 5.02. The molecule has 1 aromatic carbocycles. The van der Waals surface area contributed by atoms with Gasteiger partial charge in [-0.25, -0.2) is 9.98 Å². The fraction of sp³-hybridized carbons (Fsp3) is 0.294. The number of hydrogen-bond acceptors (Lipinski definition) is 2. The minimum Gasteiger partial charge on any atom is -0.357 e. The van der Waals surface area contributed by atoms with Crippen molar-refractivity contribution in [2.75, 3.05) is 6.54 Å². The van der Waals surface area contributed by atoms with E-state index >= 15 is 0 Å². The second kappa shape index (κ2) is 10.4. The lowest BCUT2D eigenvalue weighted by molar-refractivity contribution is 0.815. The lowest BCUT2D eigenvalue weighted by atomic mass is 10.1. The summed E-state index contributed by atoms with van der Waals surface area (Å²) in [5, 5.41) is 7.07. The van der Waals surface area contributed by atoms with Crippen molar-refractivity contribution in [3.05, 3.63) is 64.4 Å². The van der Waals surface area contributed by atoms with Gasteiger partial charge in [-0.1, -0.05) is 47.5 Å². The first-order valence-corrected chi connectivity index (χ1v) is 7.73. The first-order chi connectivity index (χ1) is 10.7. The Kier molecular flexibility index (Phi) is 8.94. The van der Waals surface area contributed by atoms with Crippen molar-refractivity contribution >= 4 is 41.5 Å². The number of halogens is 2. The average Bonchev–Trinajstić information content (AvgIpc) is 2.53. The SMILES string of the molecule is CCNC(=NCc1ccc(Cl)nc1)NCc1ccc(C)cc1.I. The summed E-state index contributed by atoms with van der Waals surface area (Å²) < 4.78 is 0. The lowest BCUT2D eigenvalue weighted by Gasteiger charge is -2.11. The Morgan fingerprint density at radius 2 is 1.78 bits per heavy atom. The molecule has 1 heterocycles. The molecule has 0 aliphatic carbocycles. The Balaban J connectivity index is 0.00000264. The van der Waals surface area contributed by atoms with Gasteiger partial charge in [0.05, 0.1) is 6.54 Å². The van der Waals surface area contributed by atoms with E-state index in [0.717, 1.165) is 24.6 Å². The van der Waals surface area contributed by atoms with Crippen molar-refractivity contribution in [1.29, 1.82) is 0 Å². The van der Waals surface area contributed by atoms with Crippen molar-refractivity contribution in [2.45, 2.75) is 26.9 Å². The third kappa shape index (κ3) is 7.18. The fourth-order valence-electron chi connectivity index (χ4n) is 1.90. The molecule has 0 bridgehead atoms. The molecule has 2 N–H and O–H groups in total. The number of guanidine groups is 1. The molecule has 0 radical (unpaired) electrons. The van der Waals surface area contributed by atoms with Gasteiger partial charge in [-0.2, -0.15) is 0 Å². The van der Waals surface area contributed by atoms with Gasteiger partial charge in [0.2, 0.25) is 0 Å². The topological polar surface area (TPSA) is 49.3 Å². The fourth-order valence-corrected chi connectivity index (χ4v) is 2.02. The Morgan fingerprint density at radius 1 is 1.09 bits per heavy atom. The summed E-state index contributed by atoms with van der Waals surface area (Å²) in [7, 11) is 0. The molecular formula is C17H22ClIN4. The molecule has 4 nitrogen and oxygen atoms in total. The Labute approximate surface area is 159 Å². The van der Waals surface area contributed by atoms with E-state index in [2.05, 4.69) is 51.8 Å². The smallest absolute Gasteiger partial charge is 0.191 e. The molecule has 0 aliphatic heterocycles. The molecule has 2 aromatic rings. The second-order valence-corrected chi connectivity index (χ2v) is 5.41. The van der Waals surface area contributed by atoms with Crippen molar-refractivity contribution in [2.24, 2.45) is 4.99 Å². The number of aryl methyl sites for hydroxylation is 1. The normalized spacial score (nSPS) is 10.8. The maximum atomic E-state index is 5.78.